The molecule has 0 aromatic heterocycles. The Balaban J connectivity index is 0.000000595. The van der Waals surface area contributed by atoms with E-state index in [9.17, 15) is 9.59 Å². The Kier molecular flexibility index (Phi) is 34.2. The predicted molar refractivity (Wildman–Crippen MR) is 224 cm³/mol. The van der Waals surface area contributed by atoms with Gasteiger partial charge in [0.05, 0.1) is 26.4 Å². The highest BCUT2D eigenvalue weighted by Crippen LogP contribution is 2.16. The Morgan fingerprint density at radius 3 is 1.11 bits per heavy atom. The molecule has 0 fully saturated rings. The van der Waals surface area contributed by atoms with Crippen molar-refractivity contribution in [1.82, 2.24) is 0 Å². The van der Waals surface area contributed by atoms with Crippen molar-refractivity contribution in [1.29, 1.82) is 0 Å². The summed E-state index contributed by atoms with van der Waals surface area (Å²) in [6.45, 7) is 3.35. The van der Waals surface area contributed by atoms with Crippen LogP contribution in [0.2, 0.25) is 0 Å². The van der Waals surface area contributed by atoms with Crippen LogP contribution >= 0.6 is 95.8 Å². The van der Waals surface area contributed by atoms with Crippen LogP contribution in [0.25, 0.3) is 0 Å². The van der Waals surface area contributed by atoms with Crippen LogP contribution in [-0.2, 0) is 9.47 Å². The molecule has 46 heavy (non-hydrogen) atoms. The lowest BCUT2D eigenvalue weighted by Crippen LogP contribution is -2.03. The molecule has 0 amide bonds. The second kappa shape index (κ2) is 35.3. The summed E-state index contributed by atoms with van der Waals surface area (Å²) in [5.41, 5.74) is 1.57. The second-order valence-electron chi connectivity index (χ2n) is 9.54. The molecule has 0 atom stereocenters. The fourth-order valence-corrected chi connectivity index (χ4v) is 9.20. The molecule has 0 spiro atoms. The monoisotopic (exact) mass is 780 g/mol. The SMILES string of the molecule is O=C(SCCCSCCOCCSCCCSC(=O)c1ccccc1)c1ccccc1.SCCCSCCOCCSCCCS. The summed E-state index contributed by atoms with van der Waals surface area (Å²) in [7, 11) is 0. The maximum atomic E-state index is 12.0. The van der Waals surface area contributed by atoms with Crippen LogP contribution in [-0.4, -0.2) is 106 Å². The van der Waals surface area contributed by atoms with Crippen LogP contribution in [0, 0.1) is 0 Å². The van der Waals surface area contributed by atoms with E-state index in [1.54, 1.807) is 0 Å². The number of benzene rings is 2. The number of thiol groups is 2. The second-order valence-corrected chi connectivity index (χ2v) is 17.5. The van der Waals surface area contributed by atoms with Crippen LogP contribution in [0.5, 0.6) is 0 Å². The van der Waals surface area contributed by atoms with E-state index in [1.807, 2.05) is 108 Å². The molecule has 0 bridgehead atoms. The van der Waals surface area contributed by atoms with E-state index >= 15 is 0 Å². The minimum atomic E-state index is 0.160. The minimum Gasteiger partial charge on any atom is -0.380 e. The van der Waals surface area contributed by atoms with Gasteiger partial charge in [-0.05, 0) is 60.2 Å². The molecule has 2 rings (SSSR count). The first-order valence-electron chi connectivity index (χ1n) is 15.8. The van der Waals surface area contributed by atoms with Crippen LogP contribution in [0.1, 0.15) is 46.4 Å². The average Bonchev–Trinajstić information content (AvgIpc) is 3.09. The number of ether oxygens (including phenoxy) is 2. The van der Waals surface area contributed by atoms with Gasteiger partial charge in [0.1, 0.15) is 0 Å². The molecule has 0 saturated heterocycles. The van der Waals surface area contributed by atoms with Crippen molar-refractivity contribution in [2.75, 3.05) is 95.5 Å². The zero-order chi connectivity index (χ0) is 33.2. The maximum Gasteiger partial charge on any atom is 0.219 e. The highest BCUT2D eigenvalue weighted by Gasteiger charge is 2.06. The molecule has 260 valence electrons. The van der Waals surface area contributed by atoms with Crippen molar-refractivity contribution in [3.05, 3.63) is 71.8 Å². The molecule has 12 heteroatoms. The van der Waals surface area contributed by atoms with E-state index in [0.717, 1.165) is 108 Å². The van der Waals surface area contributed by atoms with Gasteiger partial charge < -0.3 is 9.47 Å². The van der Waals surface area contributed by atoms with E-state index in [-0.39, 0.29) is 10.2 Å². The van der Waals surface area contributed by atoms with Crippen LogP contribution in [0.15, 0.2) is 60.7 Å². The third kappa shape index (κ3) is 28.3. The molecule has 0 aliphatic carbocycles. The van der Waals surface area contributed by atoms with Gasteiger partial charge in [-0.1, -0.05) is 84.2 Å². The Labute approximate surface area is 315 Å². The van der Waals surface area contributed by atoms with Gasteiger partial charge in [-0.25, -0.2) is 0 Å². The maximum absolute atomic E-state index is 12.0. The lowest BCUT2D eigenvalue weighted by Gasteiger charge is -2.05. The van der Waals surface area contributed by atoms with Crippen molar-refractivity contribution >= 4 is 106 Å². The molecule has 0 heterocycles. The molecule has 2 aromatic rings. The van der Waals surface area contributed by atoms with Gasteiger partial charge in [-0.2, -0.15) is 72.3 Å². The average molecular weight is 781 g/mol. The van der Waals surface area contributed by atoms with Crippen molar-refractivity contribution in [2.24, 2.45) is 0 Å². The number of thioether (sulfide) groups is 6. The Morgan fingerprint density at radius 1 is 0.457 bits per heavy atom. The third-order valence-electron chi connectivity index (χ3n) is 5.73. The summed E-state index contributed by atoms with van der Waals surface area (Å²) in [6.07, 6.45) is 4.48. The number of hydrogen-bond acceptors (Lipinski definition) is 12. The lowest BCUT2D eigenvalue weighted by molar-refractivity contribution is 0.108. The quantitative estimate of drug-likeness (QED) is 0.0646. The van der Waals surface area contributed by atoms with Crippen LogP contribution in [0.3, 0.4) is 0 Å². The van der Waals surface area contributed by atoms with Gasteiger partial charge in [0.15, 0.2) is 0 Å². The van der Waals surface area contributed by atoms with Gasteiger partial charge >= 0.3 is 0 Å². The van der Waals surface area contributed by atoms with E-state index in [1.165, 1.54) is 47.9 Å². The third-order valence-corrected chi connectivity index (χ3v) is 12.5. The summed E-state index contributed by atoms with van der Waals surface area (Å²) < 4.78 is 11.2. The number of hydrogen-bond donors (Lipinski definition) is 2. The zero-order valence-corrected chi connectivity index (χ0v) is 33.6. The van der Waals surface area contributed by atoms with Gasteiger partial charge in [0.25, 0.3) is 0 Å². The smallest absolute Gasteiger partial charge is 0.219 e. The molecule has 0 saturated carbocycles. The highest BCUT2D eigenvalue weighted by atomic mass is 32.2. The summed E-state index contributed by atoms with van der Waals surface area (Å²) in [5, 5.41) is 0.320. The molecular weight excluding hydrogens is 729 g/mol. The molecular formula is C34H52O4S8. The predicted octanol–water partition coefficient (Wildman–Crippen LogP) is 9.51. The first-order chi connectivity index (χ1) is 22.7. The van der Waals surface area contributed by atoms with Crippen molar-refractivity contribution in [3.8, 4) is 0 Å². The molecule has 4 nitrogen and oxygen atoms in total. The van der Waals surface area contributed by atoms with Crippen LogP contribution in [0.4, 0.5) is 0 Å². The van der Waals surface area contributed by atoms with Gasteiger partial charge in [0.2, 0.25) is 10.2 Å². The number of carbonyl (C=O) groups excluding carboxylic acids is 2. The standard InChI is InChI=1S/C24H30O3S4.C10H22OS4/c25-23(21-9-3-1-4-10-21)30-17-7-15-28-19-13-27-14-20-29-16-8-18-31-24(26)22-11-5-2-6-12-22;12-5-1-7-14-9-3-11-4-10-15-8-2-6-13/h1-6,9-12H,7-8,13-20H2;12-13H,1-10H2. The summed E-state index contributed by atoms with van der Waals surface area (Å²) in [5.74, 6) is 12.5. The first-order valence-corrected chi connectivity index (χ1v) is 23.7. The minimum absolute atomic E-state index is 0.160. The van der Waals surface area contributed by atoms with Crippen molar-refractivity contribution in [3.63, 3.8) is 0 Å². The van der Waals surface area contributed by atoms with Gasteiger partial charge in [0, 0.05) is 45.6 Å². The van der Waals surface area contributed by atoms with E-state index in [0.29, 0.717) is 0 Å². The summed E-state index contributed by atoms with van der Waals surface area (Å²) in [6, 6.07) is 18.9. The fourth-order valence-electron chi connectivity index (χ4n) is 3.38. The number of rotatable bonds is 28. The lowest BCUT2D eigenvalue weighted by atomic mass is 10.2. The molecule has 0 aliphatic rings. The van der Waals surface area contributed by atoms with Gasteiger partial charge in [-0.3, -0.25) is 9.59 Å². The highest BCUT2D eigenvalue weighted by molar-refractivity contribution is 8.14. The fraction of sp³-hybridized carbons (Fsp3) is 0.588. The van der Waals surface area contributed by atoms with Gasteiger partial charge in [-0.15, -0.1) is 0 Å². The van der Waals surface area contributed by atoms with E-state index in [2.05, 4.69) is 25.3 Å². The molecule has 0 aliphatic heterocycles. The number of carbonyl (C=O) groups is 2. The zero-order valence-electron chi connectivity index (χ0n) is 26.9. The van der Waals surface area contributed by atoms with Crippen molar-refractivity contribution < 1.29 is 19.1 Å². The molecule has 0 unspecified atom stereocenters. The van der Waals surface area contributed by atoms with Crippen LogP contribution < -0.4 is 0 Å². The van der Waals surface area contributed by atoms with E-state index in [4.69, 9.17) is 9.47 Å². The summed E-state index contributed by atoms with van der Waals surface area (Å²) in [4.78, 5) is 23.9. The molecule has 0 radical (unpaired) electrons. The van der Waals surface area contributed by atoms with Crippen molar-refractivity contribution in [2.45, 2.75) is 25.7 Å². The summed E-state index contributed by atoms with van der Waals surface area (Å²) >= 11 is 18.8. The molecule has 2 aromatic carbocycles. The Morgan fingerprint density at radius 2 is 0.783 bits per heavy atom. The Hall–Kier alpha value is 0.500. The largest absolute Gasteiger partial charge is 0.380 e. The topological polar surface area (TPSA) is 52.6 Å². The Bertz CT molecular complexity index is 881. The first kappa shape index (κ1) is 44.5. The normalized spacial score (nSPS) is 10.8. The van der Waals surface area contributed by atoms with E-state index < -0.39 is 0 Å². The molecule has 0 N–H and O–H groups in total.